The van der Waals surface area contributed by atoms with E-state index in [9.17, 15) is 14.7 Å². The van der Waals surface area contributed by atoms with Crippen molar-refractivity contribution in [1.29, 1.82) is 0 Å². The molecule has 1 saturated heterocycles. The maximum Gasteiger partial charge on any atom is 0.344 e. The fourth-order valence-electron chi connectivity index (χ4n) is 4.95. The molecule has 0 aliphatic carbocycles. The number of amides is 1. The Labute approximate surface area is 251 Å². The number of aromatic nitrogens is 1. The average Bonchev–Trinajstić information content (AvgIpc) is 3.45. The highest BCUT2D eigenvalue weighted by Gasteiger charge is 2.33. The van der Waals surface area contributed by atoms with E-state index in [1.807, 2.05) is 39.9 Å². The summed E-state index contributed by atoms with van der Waals surface area (Å²) in [6.07, 6.45) is 5.79. The van der Waals surface area contributed by atoms with Gasteiger partial charge in [-0.2, -0.15) is 0 Å². The zero-order valence-corrected chi connectivity index (χ0v) is 25.6. The van der Waals surface area contributed by atoms with Gasteiger partial charge in [0.05, 0.1) is 24.3 Å². The second kappa shape index (κ2) is 12.6. The maximum atomic E-state index is 13.2. The molecular weight excluding hydrogens is 606 g/mol. The van der Waals surface area contributed by atoms with E-state index in [0.29, 0.717) is 27.3 Å². The number of rotatable bonds is 7. The summed E-state index contributed by atoms with van der Waals surface area (Å²) in [7, 11) is 1.59. The van der Waals surface area contributed by atoms with E-state index in [1.165, 1.54) is 11.8 Å². The van der Waals surface area contributed by atoms with E-state index < -0.39 is 5.97 Å². The number of hydrogen-bond donors (Lipinski definition) is 1. The number of ether oxygens (including phenoxy) is 2. The molecule has 0 saturated carbocycles. The average molecular weight is 639 g/mol. The lowest BCUT2D eigenvalue weighted by Gasteiger charge is -2.30. The molecule has 0 radical (unpaired) electrons. The van der Waals surface area contributed by atoms with Gasteiger partial charge in [0.25, 0.3) is 0 Å². The van der Waals surface area contributed by atoms with E-state index in [0.717, 1.165) is 46.9 Å². The van der Waals surface area contributed by atoms with Crippen LogP contribution in [0.4, 0.5) is 5.69 Å². The predicted molar refractivity (Wildman–Crippen MR) is 167 cm³/mol. The summed E-state index contributed by atoms with van der Waals surface area (Å²) in [5, 5.41) is 12.5. The van der Waals surface area contributed by atoms with Crippen LogP contribution in [0.15, 0.2) is 74.4 Å². The van der Waals surface area contributed by atoms with Gasteiger partial charge in [-0.15, -0.1) is 0 Å². The first-order valence-electron chi connectivity index (χ1n) is 13.6. The minimum Gasteiger partial charge on any atom is -0.506 e. The fraction of sp³-hybridized carbons (Fsp3) is 0.323. The molecule has 1 amide bonds. The molecule has 41 heavy (non-hydrogen) atoms. The number of halogens is 1. The highest BCUT2D eigenvalue weighted by atomic mass is 79.9. The molecule has 214 valence electrons. The summed E-state index contributed by atoms with van der Waals surface area (Å²) < 4.78 is 13.3. The van der Waals surface area contributed by atoms with Gasteiger partial charge in [-0.05, 0) is 74.2 Å². The number of nitrogens with zero attached hydrogens (tertiary/aromatic N) is 3. The van der Waals surface area contributed by atoms with Crippen molar-refractivity contribution >= 4 is 67.3 Å². The molecule has 3 aromatic rings. The molecule has 0 atom stereocenters. The summed E-state index contributed by atoms with van der Waals surface area (Å²) in [5.74, 6) is 0.597. The normalized spacial score (nSPS) is 18.1. The van der Waals surface area contributed by atoms with Gasteiger partial charge in [-0.1, -0.05) is 34.6 Å². The van der Waals surface area contributed by atoms with Crippen molar-refractivity contribution in [2.45, 2.75) is 33.2 Å². The number of methoxy groups -OCH3 is 1. The Morgan fingerprint density at radius 3 is 2.59 bits per heavy atom. The zero-order valence-electron chi connectivity index (χ0n) is 23.2. The Hall–Kier alpha value is -3.50. The molecule has 5 rings (SSSR count). The van der Waals surface area contributed by atoms with Crippen molar-refractivity contribution in [3.63, 3.8) is 0 Å². The lowest BCUT2D eigenvalue weighted by Crippen LogP contribution is -2.39. The van der Waals surface area contributed by atoms with Crippen LogP contribution < -0.4 is 4.74 Å². The van der Waals surface area contributed by atoms with E-state index >= 15 is 0 Å². The van der Waals surface area contributed by atoms with Gasteiger partial charge in [0.2, 0.25) is 5.91 Å². The molecule has 3 heterocycles. The number of fused-ring (bicyclic) bond motifs is 1. The Balaban J connectivity index is 1.51. The Morgan fingerprint density at radius 1 is 1.17 bits per heavy atom. The third kappa shape index (κ3) is 6.38. The van der Waals surface area contributed by atoms with Crippen LogP contribution in [-0.4, -0.2) is 58.3 Å². The Morgan fingerprint density at radius 2 is 1.90 bits per heavy atom. The van der Waals surface area contributed by atoms with Crippen molar-refractivity contribution in [3.8, 4) is 5.75 Å². The number of aliphatic hydroxyl groups excluding tert-OH is 1. The lowest BCUT2D eigenvalue weighted by atomic mass is 9.99. The number of aliphatic imine (C=N–C) groups is 1. The van der Waals surface area contributed by atoms with Gasteiger partial charge in [-0.25, -0.2) is 9.79 Å². The smallest absolute Gasteiger partial charge is 0.344 e. The van der Waals surface area contributed by atoms with Crippen LogP contribution in [0.1, 0.15) is 32.3 Å². The zero-order chi connectivity index (χ0) is 29.1. The molecular formula is C31H32BrN3O5S. The van der Waals surface area contributed by atoms with Crippen molar-refractivity contribution in [1.82, 2.24) is 9.47 Å². The van der Waals surface area contributed by atoms with Crippen LogP contribution in [-0.2, 0) is 20.9 Å². The highest BCUT2D eigenvalue weighted by Crippen LogP contribution is 2.41. The first-order valence-corrected chi connectivity index (χ1v) is 15.2. The van der Waals surface area contributed by atoms with Crippen molar-refractivity contribution in [3.05, 3.63) is 74.9 Å². The van der Waals surface area contributed by atoms with E-state index in [4.69, 9.17) is 9.47 Å². The molecule has 0 unspecified atom stereocenters. The number of hydrogen-bond acceptors (Lipinski definition) is 7. The summed E-state index contributed by atoms with van der Waals surface area (Å²) in [5.41, 5.74) is 2.35. The number of thioether (sulfide) groups is 1. The number of esters is 1. The summed E-state index contributed by atoms with van der Waals surface area (Å²) in [4.78, 5) is 33.1. The van der Waals surface area contributed by atoms with Crippen LogP contribution >= 0.6 is 27.7 Å². The SMILES string of the molecule is CCOC(=O)C1=C(O)/C(=C/c2cn(CC(=O)N3CCC(C)CC3)c3ccc(Br)cc23)SC1=Nc1ccc(OC)cc1. The second-order valence-corrected chi connectivity index (χ2v) is 12.1. The minimum atomic E-state index is -0.639. The van der Waals surface area contributed by atoms with Crippen LogP contribution in [0.2, 0.25) is 0 Å². The lowest BCUT2D eigenvalue weighted by molar-refractivity contribution is -0.138. The van der Waals surface area contributed by atoms with Gasteiger partial charge in [0.1, 0.15) is 28.7 Å². The highest BCUT2D eigenvalue weighted by molar-refractivity contribution is 9.10. The van der Waals surface area contributed by atoms with Crippen molar-refractivity contribution in [2.24, 2.45) is 10.9 Å². The van der Waals surface area contributed by atoms with Crippen LogP contribution in [0.3, 0.4) is 0 Å². The number of carbonyl (C=O) groups is 2. The molecule has 1 aromatic heterocycles. The molecule has 0 spiro atoms. The second-order valence-electron chi connectivity index (χ2n) is 10.1. The largest absolute Gasteiger partial charge is 0.506 e. The van der Waals surface area contributed by atoms with E-state index in [-0.39, 0.29) is 30.4 Å². The maximum absolute atomic E-state index is 13.2. The first kappa shape index (κ1) is 29.0. The number of aliphatic hydroxyl groups is 1. The van der Waals surface area contributed by atoms with Crippen LogP contribution in [0.5, 0.6) is 5.75 Å². The third-order valence-corrected chi connectivity index (χ3v) is 8.79. The van der Waals surface area contributed by atoms with Gasteiger partial charge in [0, 0.05) is 40.2 Å². The molecule has 2 aliphatic rings. The molecule has 2 aliphatic heterocycles. The fourth-order valence-corrected chi connectivity index (χ4v) is 6.34. The van der Waals surface area contributed by atoms with E-state index in [2.05, 4.69) is 27.8 Å². The van der Waals surface area contributed by atoms with Crippen LogP contribution in [0, 0.1) is 5.92 Å². The monoisotopic (exact) mass is 637 g/mol. The topological polar surface area (TPSA) is 93.4 Å². The molecule has 0 bridgehead atoms. The number of likely N-dealkylation sites (tertiary alicyclic amines) is 1. The third-order valence-electron chi connectivity index (χ3n) is 7.28. The van der Waals surface area contributed by atoms with Gasteiger partial charge in [-0.3, -0.25) is 4.79 Å². The summed E-state index contributed by atoms with van der Waals surface area (Å²) in [6, 6.07) is 13.0. The molecule has 1 N–H and O–H groups in total. The molecule has 1 fully saturated rings. The predicted octanol–water partition coefficient (Wildman–Crippen LogP) is 6.86. The van der Waals surface area contributed by atoms with Gasteiger partial charge >= 0.3 is 5.97 Å². The van der Waals surface area contributed by atoms with Crippen LogP contribution in [0.25, 0.3) is 17.0 Å². The van der Waals surface area contributed by atoms with Gasteiger partial charge < -0.3 is 24.0 Å². The number of benzene rings is 2. The van der Waals surface area contributed by atoms with E-state index in [1.54, 1.807) is 38.3 Å². The van der Waals surface area contributed by atoms with Crippen molar-refractivity contribution < 1.29 is 24.2 Å². The minimum absolute atomic E-state index is 0.0262. The first-order chi connectivity index (χ1) is 19.8. The quantitative estimate of drug-likeness (QED) is 0.284. The molecule has 2 aromatic carbocycles. The Bertz CT molecular complexity index is 1570. The van der Waals surface area contributed by atoms with Gasteiger partial charge in [0.15, 0.2) is 0 Å². The standard InChI is InChI=1S/C31H32BrN3O5S/c1-4-40-31(38)28-29(37)26(41-30(28)33-22-6-8-23(39-3)9-7-22)15-20-17-35(25-10-5-21(32)16-24(20)25)18-27(36)34-13-11-19(2)12-14-34/h5-10,15-17,19,37H,4,11-14,18H2,1-3H3/b26-15-,33-30?. The molecule has 10 heteroatoms. The summed E-state index contributed by atoms with van der Waals surface area (Å²) in [6.45, 7) is 5.90. The summed E-state index contributed by atoms with van der Waals surface area (Å²) >= 11 is 4.76. The molecule has 8 nitrogen and oxygen atoms in total. The number of carbonyl (C=O) groups excluding carboxylic acids is 2. The van der Waals surface area contributed by atoms with Crippen molar-refractivity contribution in [2.75, 3.05) is 26.8 Å². The number of piperidine rings is 1. The Kier molecular flexibility index (Phi) is 8.89.